The summed E-state index contributed by atoms with van der Waals surface area (Å²) in [5.74, 6) is -0.524. The summed E-state index contributed by atoms with van der Waals surface area (Å²) in [5, 5.41) is 5.96. The Morgan fingerprint density at radius 3 is 2.44 bits per heavy atom. The number of rotatable bonds is 12. The second-order valence-corrected chi connectivity index (χ2v) is 8.87. The molecule has 1 aliphatic heterocycles. The Morgan fingerprint density at radius 1 is 0.972 bits per heavy atom. The minimum atomic E-state index is -0.721. The number of carbonyl (C=O) groups is 3. The molecule has 7 nitrogen and oxygen atoms in total. The third kappa shape index (κ3) is 6.74. The van der Waals surface area contributed by atoms with Crippen LogP contribution in [0, 0.1) is 0 Å². The smallest absolute Gasteiger partial charge is 0.338 e. The van der Waals surface area contributed by atoms with E-state index in [4.69, 9.17) is 4.74 Å². The number of unbranched alkanes of at least 4 members (excludes halogenated alkanes) is 3. The van der Waals surface area contributed by atoms with Crippen molar-refractivity contribution >= 4 is 29.3 Å². The molecule has 3 amide bonds. The molecule has 2 aromatic carbocycles. The number of nitrogens with one attached hydrogen (secondary N) is 2. The SMILES string of the molecule is CCCCCCC(=O)Nc1cccc(C2NC(=O)N(CCC)C(c3ccccc3)=C2C(=O)OCC)c1. The highest BCUT2D eigenvalue weighted by molar-refractivity contribution is 6.04. The van der Waals surface area contributed by atoms with Crippen LogP contribution in [0.2, 0.25) is 0 Å². The minimum absolute atomic E-state index is 0.0452. The van der Waals surface area contributed by atoms with E-state index in [1.807, 2.05) is 61.5 Å². The summed E-state index contributed by atoms with van der Waals surface area (Å²) in [7, 11) is 0. The standard InChI is InChI=1S/C29H37N3O4/c1-4-7-8-12-18-24(33)30-23-17-13-16-22(20-23)26-25(28(34)36-6-3)27(21-14-10-9-11-15-21)32(19-5-2)29(35)31-26/h9-11,13-17,20,26H,4-8,12,18-19H2,1-3H3,(H,30,33)(H,31,35). The molecule has 2 aromatic rings. The lowest BCUT2D eigenvalue weighted by Gasteiger charge is -2.37. The number of esters is 1. The molecular formula is C29H37N3O4. The van der Waals surface area contributed by atoms with Crippen molar-refractivity contribution in [3.8, 4) is 0 Å². The number of hydrogen-bond acceptors (Lipinski definition) is 4. The van der Waals surface area contributed by atoms with Gasteiger partial charge < -0.3 is 15.4 Å². The van der Waals surface area contributed by atoms with Crippen LogP contribution in [-0.4, -0.2) is 36.0 Å². The van der Waals surface area contributed by atoms with Gasteiger partial charge in [-0.15, -0.1) is 0 Å². The van der Waals surface area contributed by atoms with Gasteiger partial charge in [0.05, 0.1) is 23.9 Å². The molecule has 3 rings (SSSR count). The molecule has 192 valence electrons. The van der Waals surface area contributed by atoms with Gasteiger partial charge in [0.1, 0.15) is 0 Å². The van der Waals surface area contributed by atoms with Crippen molar-refractivity contribution in [2.45, 2.75) is 65.3 Å². The Kier molecular flexibility index (Phi) is 10.1. The van der Waals surface area contributed by atoms with Crippen molar-refractivity contribution in [1.82, 2.24) is 10.2 Å². The summed E-state index contributed by atoms with van der Waals surface area (Å²) in [5.41, 5.74) is 3.02. The minimum Gasteiger partial charge on any atom is -0.463 e. The van der Waals surface area contributed by atoms with Crippen LogP contribution in [0.4, 0.5) is 10.5 Å². The molecule has 0 fully saturated rings. The number of benzene rings is 2. The molecule has 0 aromatic heterocycles. The molecule has 0 saturated heterocycles. The summed E-state index contributed by atoms with van der Waals surface area (Å²) < 4.78 is 5.46. The molecule has 36 heavy (non-hydrogen) atoms. The molecule has 7 heteroatoms. The van der Waals surface area contributed by atoms with Crippen LogP contribution in [0.3, 0.4) is 0 Å². The first-order valence-electron chi connectivity index (χ1n) is 12.9. The van der Waals surface area contributed by atoms with Crippen LogP contribution < -0.4 is 10.6 Å². The van der Waals surface area contributed by atoms with Gasteiger partial charge in [0.2, 0.25) is 5.91 Å². The van der Waals surface area contributed by atoms with Crippen molar-refractivity contribution in [2.24, 2.45) is 0 Å². The molecule has 0 saturated carbocycles. The van der Waals surface area contributed by atoms with Crippen molar-refractivity contribution in [3.63, 3.8) is 0 Å². The summed E-state index contributed by atoms with van der Waals surface area (Å²) in [6.07, 6.45) is 5.30. The first kappa shape index (κ1) is 27.0. The molecule has 0 bridgehead atoms. The van der Waals surface area contributed by atoms with Crippen LogP contribution in [0.1, 0.15) is 76.5 Å². The topological polar surface area (TPSA) is 87.7 Å². The Bertz CT molecular complexity index is 1080. The maximum atomic E-state index is 13.3. The van der Waals surface area contributed by atoms with E-state index in [0.717, 1.165) is 37.7 Å². The molecule has 2 N–H and O–H groups in total. The maximum absolute atomic E-state index is 13.3. The third-order valence-corrected chi connectivity index (χ3v) is 6.08. The highest BCUT2D eigenvalue weighted by atomic mass is 16.5. The Labute approximate surface area is 213 Å². The van der Waals surface area contributed by atoms with Gasteiger partial charge in [0.15, 0.2) is 0 Å². The number of urea groups is 1. The highest BCUT2D eigenvalue weighted by Gasteiger charge is 2.38. The summed E-state index contributed by atoms with van der Waals surface area (Å²) in [4.78, 5) is 40.7. The highest BCUT2D eigenvalue weighted by Crippen LogP contribution is 2.37. The number of anilines is 1. The van der Waals surface area contributed by atoms with Crippen LogP contribution >= 0.6 is 0 Å². The fourth-order valence-corrected chi connectivity index (χ4v) is 4.41. The average molecular weight is 492 g/mol. The van der Waals surface area contributed by atoms with Gasteiger partial charge in [-0.25, -0.2) is 9.59 Å². The molecule has 1 unspecified atom stereocenters. The largest absolute Gasteiger partial charge is 0.463 e. The lowest BCUT2D eigenvalue weighted by atomic mass is 9.91. The Balaban J connectivity index is 2.01. The summed E-state index contributed by atoms with van der Waals surface area (Å²) in [6, 6.07) is 15.7. The van der Waals surface area contributed by atoms with Crippen molar-refractivity contribution in [3.05, 3.63) is 71.3 Å². The van der Waals surface area contributed by atoms with Gasteiger partial charge in [-0.05, 0) is 43.0 Å². The van der Waals surface area contributed by atoms with E-state index in [9.17, 15) is 14.4 Å². The van der Waals surface area contributed by atoms with Gasteiger partial charge in [-0.2, -0.15) is 0 Å². The zero-order valence-corrected chi connectivity index (χ0v) is 21.5. The van der Waals surface area contributed by atoms with Gasteiger partial charge in [-0.1, -0.05) is 75.6 Å². The van der Waals surface area contributed by atoms with E-state index < -0.39 is 12.0 Å². The van der Waals surface area contributed by atoms with E-state index in [1.54, 1.807) is 11.8 Å². The Morgan fingerprint density at radius 2 is 1.75 bits per heavy atom. The second kappa shape index (κ2) is 13.5. The number of nitrogens with zero attached hydrogens (tertiary/aromatic N) is 1. The van der Waals surface area contributed by atoms with E-state index in [1.165, 1.54) is 0 Å². The lowest BCUT2D eigenvalue weighted by Crippen LogP contribution is -2.48. The number of carbonyl (C=O) groups excluding carboxylic acids is 3. The number of ether oxygens (including phenoxy) is 1. The third-order valence-electron chi connectivity index (χ3n) is 6.08. The predicted molar refractivity (Wildman–Crippen MR) is 142 cm³/mol. The maximum Gasteiger partial charge on any atom is 0.338 e. The number of amides is 3. The Hall–Kier alpha value is -3.61. The van der Waals surface area contributed by atoms with Gasteiger partial charge in [0, 0.05) is 18.7 Å². The van der Waals surface area contributed by atoms with E-state index >= 15 is 0 Å². The fourth-order valence-electron chi connectivity index (χ4n) is 4.41. The molecule has 1 aliphatic rings. The van der Waals surface area contributed by atoms with Gasteiger partial charge in [0.25, 0.3) is 0 Å². The lowest BCUT2D eigenvalue weighted by molar-refractivity contribution is -0.139. The summed E-state index contributed by atoms with van der Waals surface area (Å²) in [6.45, 7) is 6.56. The van der Waals surface area contributed by atoms with Gasteiger partial charge in [-0.3, -0.25) is 9.69 Å². The van der Waals surface area contributed by atoms with E-state index in [0.29, 0.717) is 35.5 Å². The molecule has 1 atom stereocenters. The van der Waals surface area contributed by atoms with E-state index in [2.05, 4.69) is 17.6 Å². The average Bonchev–Trinajstić information content (AvgIpc) is 2.88. The zero-order chi connectivity index (χ0) is 25.9. The van der Waals surface area contributed by atoms with E-state index in [-0.39, 0.29) is 18.5 Å². The molecular weight excluding hydrogens is 454 g/mol. The van der Waals surface area contributed by atoms with Crippen molar-refractivity contribution in [2.75, 3.05) is 18.5 Å². The van der Waals surface area contributed by atoms with Crippen LogP contribution in [-0.2, 0) is 14.3 Å². The quantitative estimate of drug-likeness (QED) is 0.280. The first-order valence-corrected chi connectivity index (χ1v) is 12.9. The normalized spacial score (nSPS) is 15.5. The number of hydrogen-bond donors (Lipinski definition) is 2. The molecule has 0 aliphatic carbocycles. The van der Waals surface area contributed by atoms with Gasteiger partial charge >= 0.3 is 12.0 Å². The zero-order valence-electron chi connectivity index (χ0n) is 21.5. The van der Waals surface area contributed by atoms with Crippen molar-refractivity contribution in [1.29, 1.82) is 0 Å². The van der Waals surface area contributed by atoms with Crippen LogP contribution in [0.25, 0.3) is 5.70 Å². The van der Waals surface area contributed by atoms with Crippen LogP contribution in [0.15, 0.2) is 60.2 Å². The summed E-state index contributed by atoms with van der Waals surface area (Å²) >= 11 is 0. The fraction of sp³-hybridized carbons (Fsp3) is 0.414. The predicted octanol–water partition coefficient (Wildman–Crippen LogP) is 6.05. The molecule has 1 heterocycles. The molecule has 0 radical (unpaired) electrons. The second-order valence-electron chi connectivity index (χ2n) is 8.87. The van der Waals surface area contributed by atoms with Crippen LogP contribution in [0.5, 0.6) is 0 Å². The molecule has 0 spiro atoms. The monoisotopic (exact) mass is 491 g/mol. The first-order chi connectivity index (χ1) is 17.5. The van der Waals surface area contributed by atoms with Crippen molar-refractivity contribution < 1.29 is 19.1 Å².